The van der Waals surface area contributed by atoms with Gasteiger partial charge >= 0.3 is 5.97 Å². The molecule has 108 valence electrons. The van der Waals surface area contributed by atoms with E-state index in [-0.39, 0.29) is 25.2 Å². The summed E-state index contributed by atoms with van der Waals surface area (Å²) in [5.41, 5.74) is 5.14. The summed E-state index contributed by atoms with van der Waals surface area (Å²) in [6.07, 6.45) is -0.360. The van der Waals surface area contributed by atoms with Gasteiger partial charge in [-0.3, -0.25) is 25.2 Å². The first-order chi connectivity index (χ1) is 9.51. The van der Waals surface area contributed by atoms with Gasteiger partial charge < -0.3 is 9.84 Å². The lowest BCUT2D eigenvalue weighted by molar-refractivity contribution is -0.139. The Labute approximate surface area is 115 Å². The van der Waals surface area contributed by atoms with Crippen LogP contribution in [0.25, 0.3) is 0 Å². The average molecular weight is 280 g/mol. The van der Waals surface area contributed by atoms with Gasteiger partial charge in [-0.1, -0.05) is 12.1 Å². The van der Waals surface area contributed by atoms with Gasteiger partial charge in [0.1, 0.15) is 5.75 Å². The van der Waals surface area contributed by atoms with E-state index in [1.165, 1.54) is 0 Å². The number of amides is 2. The number of ether oxygens (including phenoxy) is 1. The molecule has 0 heterocycles. The molecule has 1 rings (SSSR count). The van der Waals surface area contributed by atoms with Crippen LogP contribution in [0.15, 0.2) is 24.3 Å². The van der Waals surface area contributed by atoms with E-state index in [0.717, 1.165) is 5.56 Å². The molecule has 0 aliphatic rings. The Morgan fingerprint density at radius 3 is 2.20 bits per heavy atom. The van der Waals surface area contributed by atoms with E-state index in [1.54, 1.807) is 31.4 Å². The zero-order valence-electron chi connectivity index (χ0n) is 11.0. The Morgan fingerprint density at radius 2 is 1.65 bits per heavy atom. The van der Waals surface area contributed by atoms with E-state index >= 15 is 0 Å². The molecule has 0 aliphatic heterocycles. The van der Waals surface area contributed by atoms with Crippen LogP contribution in [-0.4, -0.2) is 30.0 Å². The molecule has 0 aliphatic carbocycles. The molecule has 0 saturated carbocycles. The van der Waals surface area contributed by atoms with Crippen molar-refractivity contribution in [3.63, 3.8) is 0 Å². The summed E-state index contributed by atoms with van der Waals surface area (Å²) in [4.78, 5) is 33.0. The minimum absolute atomic E-state index is 0.100. The summed E-state index contributed by atoms with van der Waals surface area (Å²) >= 11 is 0. The van der Waals surface area contributed by atoms with E-state index < -0.39 is 11.9 Å². The van der Waals surface area contributed by atoms with E-state index in [2.05, 4.69) is 10.9 Å². The number of aliphatic carboxylic acids is 1. The van der Waals surface area contributed by atoms with Gasteiger partial charge in [-0.15, -0.1) is 0 Å². The maximum atomic E-state index is 11.5. The van der Waals surface area contributed by atoms with Gasteiger partial charge in [0.2, 0.25) is 11.8 Å². The SMILES string of the molecule is COc1ccc(CC(=O)NNC(=O)CCC(=O)O)cc1. The molecule has 0 bridgehead atoms. The van der Waals surface area contributed by atoms with Crippen LogP contribution in [0.5, 0.6) is 5.75 Å². The quantitative estimate of drug-likeness (QED) is 0.648. The minimum atomic E-state index is -1.07. The smallest absolute Gasteiger partial charge is 0.303 e. The monoisotopic (exact) mass is 280 g/mol. The van der Waals surface area contributed by atoms with Gasteiger partial charge in [0.25, 0.3) is 0 Å². The third kappa shape index (κ3) is 5.85. The lowest BCUT2D eigenvalue weighted by Crippen LogP contribution is -2.42. The number of carbonyl (C=O) groups excluding carboxylic acids is 2. The van der Waals surface area contributed by atoms with Crippen molar-refractivity contribution in [2.24, 2.45) is 0 Å². The van der Waals surface area contributed by atoms with Crippen molar-refractivity contribution < 1.29 is 24.2 Å². The second kappa shape index (κ2) is 7.78. The van der Waals surface area contributed by atoms with Crippen LogP contribution in [0.1, 0.15) is 18.4 Å². The predicted molar refractivity (Wildman–Crippen MR) is 69.9 cm³/mol. The first-order valence-corrected chi connectivity index (χ1v) is 5.93. The van der Waals surface area contributed by atoms with Crippen LogP contribution in [0.3, 0.4) is 0 Å². The molecule has 1 aromatic carbocycles. The van der Waals surface area contributed by atoms with Crippen LogP contribution in [0, 0.1) is 0 Å². The summed E-state index contributed by atoms with van der Waals surface area (Å²) in [5.74, 6) is -1.31. The number of carbonyl (C=O) groups is 3. The van der Waals surface area contributed by atoms with Gasteiger partial charge in [-0.25, -0.2) is 0 Å². The van der Waals surface area contributed by atoms with Gasteiger partial charge in [-0.05, 0) is 17.7 Å². The Bertz CT molecular complexity index is 484. The number of methoxy groups -OCH3 is 1. The molecule has 0 spiro atoms. The number of hydrazine groups is 1. The number of nitrogens with one attached hydrogen (secondary N) is 2. The molecule has 2 amide bonds. The maximum absolute atomic E-state index is 11.5. The van der Waals surface area contributed by atoms with Crippen molar-refractivity contribution >= 4 is 17.8 Å². The fourth-order valence-corrected chi connectivity index (χ4v) is 1.40. The van der Waals surface area contributed by atoms with Crippen molar-refractivity contribution in [3.8, 4) is 5.75 Å². The number of hydrogen-bond acceptors (Lipinski definition) is 4. The number of hydrogen-bond donors (Lipinski definition) is 3. The van der Waals surface area contributed by atoms with Crippen molar-refractivity contribution in [1.82, 2.24) is 10.9 Å². The highest BCUT2D eigenvalue weighted by atomic mass is 16.5. The number of carboxylic acid groups (broad SMARTS) is 1. The molecule has 1 aromatic rings. The van der Waals surface area contributed by atoms with Crippen LogP contribution < -0.4 is 15.6 Å². The van der Waals surface area contributed by atoms with Crippen molar-refractivity contribution in [2.45, 2.75) is 19.3 Å². The fourth-order valence-electron chi connectivity index (χ4n) is 1.40. The largest absolute Gasteiger partial charge is 0.497 e. The Morgan fingerprint density at radius 1 is 1.05 bits per heavy atom. The molecule has 0 radical (unpaired) electrons. The van der Waals surface area contributed by atoms with E-state index in [0.29, 0.717) is 5.75 Å². The first kappa shape index (κ1) is 15.5. The van der Waals surface area contributed by atoms with E-state index in [9.17, 15) is 14.4 Å². The lowest BCUT2D eigenvalue weighted by atomic mass is 10.1. The molecule has 7 nitrogen and oxygen atoms in total. The summed E-state index contributed by atoms with van der Waals surface area (Å²) in [6.45, 7) is 0. The van der Waals surface area contributed by atoms with E-state index in [4.69, 9.17) is 9.84 Å². The highest BCUT2D eigenvalue weighted by Gasteiger charge is 2.07. The van der Waals surface area contributed by atoms with Crippen LogP contribution in [-0.2, 0) is 20.8 Å². The normalized spacial score (nSPS) is 9.65. The summed E-state index contributed by atoms with van der Waals surface area (Å²) in [7, 11) is 1.55. The first-order valence-electron chi connectivity index (χ1n) is 5.93. The number of benzene rings is 1. The highest BCUT2D eigenvalue weighted by molar-refractivity contribution is 5.84. The maximum Gasteiger partial charge on any atom is 0.303 e. The standard InChI is InChI=1S/C13H16N2O5/c1-20-10-4-2-9(3-5-10)8-12(17)15-14-11(16)6-7-13(18)19/h2-5H,6-8H2,1H3,(H,14,16)(H,15,17)(H,18,19). The summed E-state index contributed by atoms with van der Waals surface area (Å²) in [6, 6.07) is 6.94. The molecular formula is C13H16N2O5. The molecule has 0 atom stereocenters. The van der Waals surface area contributed by atoms with Crippen molar-refractivity contribution in [3.05, 3.63) is 29.8 Å². The zero-order valence-corrected chi connectivity index (χ0v) is 11.0. The Kier molecular flexibility index (Phi) is 6.02. The Hall–Kier alpha value is -2.57. The van der Waals surface area contributed by atoms with Crippen molar-refractivity contribution in [2.75, 3.05) is 7.11 Å². The second-order valence-electron chi connectivity index (χ2n) is 4.01. The second-order valence-corrected chi connectivity index (χ2v) is 4.01. The number of rotatable bonds is 6. The topological polar surface area (TPSA) is 105 Å². The van der Waals surface area contributed by atoms with Crippen LogP contribution >= 0.6 is 0 Å². The average Bonchev–Trinajstić information content (AvgIpc) is 2.43. The highest BCUT2D eigenvalue weighted by Crippen LogP contribution is 2.11. The molecule has 0 fully saturated rings. The summed E-state index contributed by atoms with van der Waals surface area (Å²) < 4.78 is 4.99. The molecule has 3 N–H and O–H groups in total. The van der Waals surface area contributed by atoms with E-state index in [1.807, 2.05) is 0 Å². The summed E-state index contributed by atoms with van der Waals surface area (Å²) in [5, 5.41) is 8.40. The van der Waals surface area contributed by atoms with Crippen molar-refractivity contribution in [1.29, 1.82) is 0 Å². The van der Waals surface area contributed by atoms with Gasteiger partial charge in [-0.2, -0.15) is 0 Å². The molecule has 0 unspecified atom stereocenters. The molecule has 20 heavy (non-hydrogen) atoms. The minimum Gasteiger partial charge on any atom is -0.497 e. The van der Waals surface area contributed by atoms with Gasteiger partial charge in [0.05, 0.1) is 20.0 Å². The van der Waals surface area contributed by atoms with Gasteiger partial charge in [0, 0.05) is 6.42 Å². The lowest BCUT2D eigenvalue weighted by Gasteiger charge is -2.07. The molecule has 0 saturated heterocycles. The third-order valence-corrected chi connectivity index (χ3v) is 2.43. The van der Waals surface area contributed by atoms with Crippen LogP contribution in [0.4, 0.5) is 0 Å². The predicted octanol–water partition coefficient (Wildman–Crippen LogP) is 0.250. The van der Waals surface area contributed by atoms with Gasteiger partial charge in [0.15, 0.2) is 0 Å². The zero-order chi connectivity index (χ0) is 15.0. The van der Waals surface area contributed by atoms with Crippen LogP contribution in [0.2, 0.25) is 0 Å². The third-order valence-electron chi connectivity index (χ3n) is 2.43. The molecule has 7 heteroatoms. The number of carboxylic acids is 1. The molecular weight excluding hydrogens is 264 g/mol. The Balaban J connectivity index is 2.32. The molecule has 0 aromatic heterocycles. The fraction of sp³-hybridized carbons (Fsp3) is 0.308.